The Balaban J connectivity index is 1.49. The predicted octanol–water partition coefficient (Wildman–Crippen LogP) is 7.59. The normalized spacial score (nSPS) is 11.9. The van der Waals surface area contributed by atoms with Gasteiger partial charge in [-0.05, 0) is 65.2 Å². The van der Waals surface area contributed by atoms with Crippen molar-refractivity contribution in [2.24, 2.45) is 0 Å². The molecule has 0 atom stereocenters. The fourth-order valence-corrected chi connectivity index (χ4v) is 8.04. The van der Waals surface area contributed by atoms with Crippen molar-refractivity contribution in [3.8, 4) is 22.4 Å². The molecule has 0 amide bonds. The van der Waals surface area contributed by atoms with Gasteiger partial charge in [0.25, 0.3) is 0 Å². The van der Waals surface area contributed by atoms with Crippen LogP contribution >= 0.6 is 0 Å². The van der Waals surface area contributed by atoms with Gasteiger partial charge in [-0.15, -0.1) is 0 Å². The summed E-state index contributed by atoms with van der Waals surface area (Å²) in [7, 11) is -2.07. The minimum absolute atomic E-state index is 0.206. The summed E-state index contributed by atoms with van der Waals surface area (Å²) in [5, 5.41) is 4.67. The van der Waals surface area contributed by atoms with Crippen molar-refractivity contribution >= 4 is 40.4 Å². The van der Waals surface area contributed by atoms with Crippen molar-refractivity contribution in [1.82, 2.24) is 4.98 Å². The summed E-state index contributed by atoms with van der Waals surface area (Å²) in [4.78, 5) is 4.82. The molecule has 0 aliphatic heterocycles. The first-order valence-corrected chi connectivity index (χ1v) is 15.2. The van der Waals surface area contributed by atoms with Gasteiger partial charge in [-0.1, -0.05) is 78.9 Å². The second-order valence-electron chi connectivity index (χ2n) is 9.88. The molecule has 0 N–H and O–H groups in total. The molecule has 0 aliphatic carbocycles. The van der Waals surface area contributed by atoms with Crippen LogP contribution in [0, 0.1) is 12.7 Å². The van der Waals surface area contributed by atoms with E-state index >= 15 is 0 Å². The zero-order chi connectivity index (χ0) is 24.9. The lowest BCUT2D eigenvalue weighted by atomic mass is 10.0. The smallest absolute Gasteiger partial charge is 0.144 e. The highest BCUT2D eigenvalue weighted by atomic mass is 28.3. The monoisotopic (exact) mass is 487 g/mol. The largest absolute Gasteiger partial charge is 0.455 e. The van der Waals surface area contributed by atoms with E-state index < -0.39 is 8.07 Å². The number of aryl methyl sites for hydroxylation is 1. The van der Waals surface area contributed by atoms with Crippen LogP contribution in [0.25, 0.3) is 44.3 Å². The van der Waals surface area contributed by atoms with Crippen molar-refractivity contribution in [3.63, 3.8) is 0 Å². The number of para-hydroxylation sites is 1. The highest BCUT2D eigenvalue weighted by molar-refractivity contribution is 7.00. The van der Waals surface area contributed by atoms with Gasteiger partial charge < -0.3 is 4.42 Å². The lowest BCUT2D eigenvalue weighted by molar-refractivity contribution is 0.628. The van der Waals surface area contributed by atoms with E-state index in [-0.39, 0.29) is 5.82 Å². The fourth-order valence-electron chi connectivity index (χ4n) is 5.18. The number of fused-ring (bicyclic) bond motifs is 3. The molecule has 4 aromatic carbocycles. The van der Waals surface area contributed by atoms with E-state index in [0.717, 1.165) is 49.9 Å². The third-order valence-electron chi connectivity index (χ3n) is 7.22. The molecular formula is C32H26FNOSi. The van der Waals surface area contributed by atoms with Crippen LogP contribution in [0.5, 0.6) is 0 Å². The van der Waals surface area contributed by atoms with Crippen LogP contribution in [0.1, 0.15) is 5.56 Å². The Bertz CT molecular complexity index is 1720. The summed E-state index contributed by atoms with van der Waals surface area (Å²) in [6, 6.07) is 32.2. The summed E-state index contributed by atoms with van der Waals surface area (Å²) in [6.07, 6.45) is 1.96. The van der Waals surface area contributed by atoms with Crippen LogP contribution in [0.4, 0.5) is 4.39 Å². The van der Waals surface area contributed by atoms with E-state index in [1.807, 2.05) is 36.5 Å². The highest BCUT2D eigenvalue weighted by Gasteiger charge is 2.28. The molecule has 6 aromatic rings. The molecule has 2 heterocycles. The lowest BCUT2D eigenvalue weighted by Crippen LogP contribution is -2.54. The molecule has 0 saturated heterocycles. The van der Waals surface area contributed by atoms with E-state index in [0.29, 0.717) is 0 Å². The molecular weight excluding hydrogens is 461 g/mol. The molecule has 0 saturated carbocycles. The van der Waals surface area contributed by atoms with Crippen LogP contribution < -0.4 is 10.4 Å². The molecule has 0 fully saturated rings. The first-order valence-electron chi connectivity index (χ1n) is 12.2. The van der Waals surface area contributed by atoms with Crippen LogP contribution in [0.2, 0.25) is 13.1 Å². The quantitative estimate of drug-likeness (QED) is 0.240. The van der Waals surface area contributed by atoms with E-state index in [1.54, 1.807) is 12.1 Å². The van der Waals surface area contributed by atoms with Crippen LogP contribution in [-0.4, -0.2) is 13.1 Å². The molecule has 0 bridgehead atoms. The predicted molar refractivity (Wildman–Crippen MR) is 150 cm³/mol. The number of hydrogen-bond donors (Lipinski definition) is 0. The average Bonchev–Trinajstić information content (AvgIpc) is 3.28. The molecule has 0 radical (unpaired) electrons. The van der Waals surface area contributed by atoms with E-state index in [2.05, 4.69) is 74.6 Å². The lowest BCUT2D eigenvalue weighted by Gasteiger charge is -2.26. The summed E-state index contributed by atoms with van der Waals surface area (Å²) in [6.45, 7) is 6.72. The van der Waals surface area contributed by atoms with Crippen LogP contribution in [0.3, 0.4) is 0 Å². The Kier molecular flexibility index (Phi) is 5.35. The van der Waals surface area contributed by atoms with Crippen molar-refractivity contribution in [3.05, 3.63) is 115 Å². The van der Waals surface area contributed by atoms with Gasteiger partial charge >= 0.3 is 0 Å². The summed E-state index contributed by atoms with van der Waals surface area (Å²) >= 11 is 0. The van der Waals surface area contributed by atoms with Gasteiger partial charge in [0.15, 0.2) is 0 Å². The highest BCUT2D eigenvalue weighted by Crippen LogP contribution is 2.36. The molecule has 4 heteroatoms. The Hall–Kier alpha value is -4.02. The van der Waals surface area contributed by atoms with Gasteiger partial charge in [0.1, 0.15) is 25.1 Å². The van der Waals surface area contributed by atoms with Gasteiger partial charge in [0, 0.05) is 22.5 Å². The zero-order valence-corrected chi connectivity index (χ0v) is 21.5. The average molecular weight is 488 g/mol. The third-order valence-corrected chi connectivity index (χ3v) is 10.9. The Morgan fingerprint density at radius 1 is 0.750 bits per heavy atom. The molecule has 0 unspecified atom stereocenters. The summed E-state index contributed by atoms with van der Waals surface area (Å²) in [5.74, 6) is -0.206. The van der Waals surface area contributed by atoms with E-state index in [9.17, 15) is 4.39 Å². The minimum atomic E-state index is -2.07. The maximum atomic E-state index is 13.6. The van der Waals surface area contributed by atoms with Gasteiger partial charge in [-0.25, -0.2) is 4.39 Å². The number of aromatic nitrogens is 1. The van der Waals surface area contributed by atoms with Crippen molar-refractivity contribution in [1.29, 1.82) is 0 Å². The minimum Gasteiger partial charge on any atom is -0.455 e. The van der Waals surface area contributed by atoms with Crippen molar-refractivity contribution < 1.29 is 8.81 Å². The molecule has 36 heavy (non-hydrogen) atoms. The number of furan rings is 1. The number of hydrogen-bond acceptors (Lipinski definition) is 2. The summed E-state index contributed by atoms with van der Waals surface area (Å²) in [5.41, 5.74) is 7.04. The standard InChI is InChI=1S/C32H26FNOSi/c1-21-20-34-29(19-31(21)36(2,3)25-15-13-24(33)14-16-25)28-11-7-10-27-26-17-12-23(18-30(26)35-32(27)28)22-8-5-4-6-9-22/h4-20H,1-3H3. The number of halogens is 1. The third kappa shape index (κ3) is 3.75. The van der Waals surface area contributed by atoms with Gasteiger partial charge in [0.05, 0.1) is 5.69 Å². The number of pyridine rings is 1. The second-order valence-corrected chi connectivity index (χ2v) is 14.2. The Morgan fingerprint density at radius 2 is 1.53 bits per heavy atom. The molecule has 6 rings (SSSR count). The Labute approximate surface area is 211 Å². The SMILES string of the molecule is Cc1cnc(-c2cccc3c2oc2cc(-c4ccccc4)ccc23)cc1[Si](C)(C)c1ccc(F)cc1. The maximum Gasteiger partial charge on any atom is 0.144 e. The first kappa shape index (κ1) is 22.4. The van der Waals surface area contributed by atoms with E-state index in [4.69, 9.17) is 9.40 Å². The maximum absolute atomic E-state index is 13.6. The van der Waals surface area contributed by atoms with Gasteiger partial charge in [0.2, 0.25) is 0 Å². The van der Waals surface area contributed by atoms with Gasteiger partial charge in [-0.3, -0.25) is 4.98 Å². The fraction of sp³-hybridized carbons (Fsp3) is 0.0938. The van der Waals surface area contributed by atoms with Gasteiger partial charge in [-0.2, -0.15) is 0 Å². The summed E-state index contributed by atoms with van der Waals surface area (Å²) < 4.78 is 20.1. The van der Waals surface area contributed by atoms with Crippen LogP contribution in [-0.2, 0) is 0 Å². The molecule has 2 nitrogen and oxygen atoms in total. The van der Waals surface area contributed by atoms with Crippen LogP contribution in [0.15, 0.2) is 108 Å². The van der Waals surface area contributed by atoms with Crippen molar-refractivity contribution in [2.45, 2.75) is 20.0 Å². The number of nitrogens with zero attached hydrogens (tertiary/aromatic N) is 1. The Morgan fingerprint density at radius 3 is 2.31 bits per heavy atom. The topological polar surface area (TPSA) is 26.0 Å². The first-order chi connectivity index (χ1) is 17.4. The van der Waals surface area contributed by atoms with Crippen molar-refractivity contribution in [2.75, 3.05) is 0 Å². The molecule has 0 spiro atoms. The van der Waals surface area contributed by atoms with E-state index in [1.165, 1.54) is 10.4 Å². The zero-order valence-electron chi connectivity index (χ0n) is 20.5. The molecule has 176 valence electrons. The number of rotatable bonds is 4. The second kappa shape index (κ2) is 8.57. The molecule has 2 aromatic heterocycles. The molecule has 0 aliphatic rings. The number of benzene rings is 4.